The second kappa shape index (κ2) is 5.40. The van der Waals surface area contributed by atoms with E-state index in [4.69, 9.17) is 22.5 Å². The highest BCUT2D eigenvalue weighted by atomic mass is 35.5. The minimum atomic E-state index is -0.453. The predicted octanol–water partition coefficient (Wildman–Crippen LogP) is 0.864. The number of benzene rings is 1. The van der Waals surface area contributed by atoms with Crippen molar-refractivity contribution in [2.75, 3.05) is 13.6 Å². The van der Waals surface area contributed by atoms with Crippen LogP contribution in [0, 0.1) is 0 Å². The van der Waals surface area contributed by atoms with Gasteiger partial charge in [-0.05, 0) is 18.2 Å². The van der Waals surface area contributed by atoms with Gasteiger partial charge in [-0.25, -0.2) is 0 Å². The van der Waals surface area contributed by atoms with E-state index in [1.165, 1.54) is 30.1 Å². The topological polar surface area (TPSA) is 99.1 Å². The molecule has 0 aliphatic rings. The molecule has 1 aromatic carbocycles. The summed E-state index contributed by atoms with van der Waals surface area (Å²) in [6.07, 6.45) is 0. The van der Waals surface area contributed by atoms with Gasteiger partial charge in [-0.1, -0.05) is 16.8 Å². The van der Waals surface area contributed by atoms with Crippen LogP contribution in [0.1, 0.15) is 10.4 Å². The van der Waals surface area contributed by atoms with E-state index in [-0.39, 0.29) is 23.7 Å². The van der Waals surface area contributed by atoms with Gasteiger partial charge in [0.25, 0.3) is 5.91 Å². The van der Waals surface area contributed by atoms with E-state index >= 15 is 0 Å². The molecule has 0 bridgehead atoms. The number of nitrogens with zero attached hydrogens (tertiary/aromatic N) is 2. The highest BCUT2D eigenvalue weighted by molar-refractivity contribution is 6.30. The van der Waals surface area contributed by atoms with Gasteiger partial charge < -0.3 is 20.9 Å². The first-order chi connectivity index (χ1) is 7.95. The summed E-state index contributed by atoms with van der Waals surface area (Å²) in [5, 5.41) is 21.0. The highest BCUT2D eigenvalue weighted by Crippen LogP contribution is 2.22. The molecule has 92 valence electrons. The van der Waals surface area contributed by atoms with E-state index < -0.39 is 5.91 Å². The lowest BCUT2D eigenvalue weighted by molar-refractivity contribution is 0.0810. The zero-order valence-corrected chi connectivity index (χ0v) is 9.85. The number of nitrogens with two attached hydrogens (primary N) is 1. The molecule has 1 aromatic rings. The number of oxime groups is 1. The number of carbonyl (C=O) groups is 1. The SMILES string of the molecule is CN(CC(N)=NO)C(=O)c1ccc(Cl)cc1O. The lowest BCUT2D eigenvalue weighted by atomic mass is 10.2. The molecule has 1 amide bonds. The first kappa shape index (κ1) is 13.1. The van der Waals surface area contributed by atoms with E-state index in [1.54, 1.807) is 0 Å². The molecule has 0 aliphatic carbocycles. The number of likely N-dealkylation sites (N-methyl/N-ethyl adjacent to an activating group) is 1. The summed E-state index contributed by atoms with van der Waals surface area (Å²) >= 11 is 5.65. The molecule has 0 fully saturated rings. The number of amides is 1. The second-order valence-corrected chi connectivity index (χ2v) is 3.85. The van der Waals surface area contributed by atoms with Gasteiger partial charge in [-0.3, -0.25) is 4.79 Å². The normalized spacial score (nSPS) is 11.3. The van der Waals surface area contributed by atoms with Gasteiger partial charge in [0.15, 0.2) is 5.84 Å². The van der Waals surface area contributed by atoms with Gasteiger partial charge in [0.2, 0.25) is 0 Å². The quantitative estimate of drug-likeness (QED) is 0.324. The number of hydrogen-bond donors (Lipinski definition) is 3. The van der Waals surface area contributed by atoms with Crippen molar-refractivity contribution in [2.24, 2.45) is 10.9 Å². The zero-order valence-electron chi connectivity index (χ0n) is 9.09. The maximum atomic E-state index is 11.9. The molecule has 0 saturated carbocycles. The van der Waals surface area contributed by atoms with Crippen LogP contribution in [0.15, 0.2) is 23.4 Å². The Morgan fingerprint density at radius 2 is 2.24 bits per heavy atom. The number of carbonyl (C=O) groups excluding carboxylic acids is 1. The number of hydrogen-bond acceptors (Lipinski definition) is 4. The first-order valence-electron chi connectivity index (χ1n) is 4.66. The fraction of sp³-hybridized carbons (Fsp3) is 0.200. The Hall–Kier alpha value is -1.95. The lowest BCUT2D eigenvalue weighted by Gasteiger charge is -2.16. The standard InChI is InChI=1S/C10H12ClN3O3/c1-14(5-9(12)13-17)10(16)7-3-2-6(11)4-8(7)15/h2-4,15,17H,5H2,1H3,(H2,12,13). The molecule has 0 atom stereocenters. The maximum Gasteiger partial charge on any atom is 0.257 e. The third kappa shape index (κ3) is 3.25. The molecule has 0 heterocycles. The van der Waals surface area contributed by atoms with Crippen LogP contribution in [-0.4, -0.2) is 40.5 Å². The van der Waals surface area contributed by atoms with Gasteiger partial charge in [-0.2, -0.15) is 0 Å². The highest BCUT2D eigenvalue weighted by Gasteiger charge is 2.16. The van der Waals surface area contributed by atoms with Crippen molar-refractivity contribution in [2.45, 2.75) is 0 Å². The van der Waals surface area contributed by atoms with Crippen molar-refractivity contribution < 1.29 is 15.1 Å². The van der Waals surface area contributed by atoms with Crippen LogP contribution < -0.4 is 5.73 Å². The summed E-state index contributed by atoms with van der Waals surface area (Å²) in [7, 11) is 1.47. The maximum absolute atomic E-state index is 11.9. The van der Waals surface area contributed by atoms with E-state index in [1.807, 2.05) is 0 Å². The summed E-state index contributed by atoms with van der Waals surface area (Å²) in [6.45, 7) is -0.0442. The summed E-state index contributed by atoms with van der Waals surface area (Å²) in [5.41, 5.74) is 5.37. The summed E-state index contributed by atoms with van der Waals surface area (Å²) in [6, 6.07) is 4.17. The molecule has 0 spiro atoms. The Morgan fingerprint density at radius 3 is 2.76 bits per heavy atom. The Balaban J connectivity index is 2.89. The summed E-state index contributed by atoms with van der Waals surface area (Å²) in [4.78, 5) is 13.1. The van der Waals surface area contributed by atoms with Gasteiger partial charge >= 0.3 is 0 Å². The Labute approximate surface area is 103 Å². The van der Waals surface area contributed by atoms with Crippen LogP contribution in [0.3, 0.4) is 0 Å². The number of aromatic hydroxyl groups is 1. The van der Waals surface area contributed by atoms with E-state index in [9.17, 15) is 9.90 Å². The lowest BCUT2D eigenvalue weighted by Crippen LogP contribution is -2.35. The fourth-order valence-corrected chi connectivity index (χ4v) is 1.40. The van der Waals surface area contributed by atoms with Crippen LogP contribution in [-0.2, 0) is 0 Å². The molecular weight excluding hydrogens is 246 g/mol. The molecule has 1 rings (SSSR count). The van der Waals surface area contributed by atoms with Crippen LogP contribution in [0.5, 0.6) is 5.75 Å². The predicted molar refractivity (Wildman–Crippen MR) is 63.5 cm³/mol. The monoisotopic (exact) mass is 257 g/mol. The largest absolute Gasteiger partial charge is 0.507 e. The average molecular weight is 258 g/mol. The summed E-state index contributed by atoms with van der Waals surface area (Å²) < 4.78 is 0. The van der Waals surface area contributed by atoms with E-state index in [2.05, 4.69) is 5.16 Å². The van der Waals surface area contributed by atoms with Crippen LogP contribution >= 0.6 is 11.6 Å². The number of phenolic OH excluding ortho intramolecular Hbond substituents is 1. The molecule has 7 heteroatoms. The molecule has 0 radical (unpaired) electrons. The van der Waals surface area contributed by atoms with Crippen LogP contribution in [0.4, 0.5) is 0 Å². The van der Waals surface area contributed by atoms with Crippen LogP contribution in [0.25, 0.3) is 0 Å². The molecule has 6 nitrogen and oxygen atoms in total. The molecule has 0 aromatic heterocycles. The smallest absolute Gasteiger partial charge is 0.257 e. The first-order valence-corrected chi connectivity index (χ1v) is 5.04. The Bertz CT molecular complexity index is 462. The van der Waals surface area contributed by atoms with Crippen molar-refractivity contribution in [1.29, 1.82) is 0 Å². The number of amidine groups is 1. The average Bonchev–Trinajstić information content (AvgIpc) is 2.28. The van der Waals surface area contributed by atoms with Crippen molar-refractivity contribution in [1.82, 2.24) is 4.90 Å². The third-order valence-electron chi connectivity index (χ3n) is 2.06. The van der Waals surface area contributed by atoms with Crippen molar-refractivity contribution in [3.05, 3.63) is 28.8 Å². The van der Waals surface area contributed by atoms with E-state index in [0.29, 0.717) is 5.02 Å². The number of rotatable bonds is 3. The zero-order chi connectivity index (χ0) is 13.0. The van der Waals surface area contributed by atoms with Gasteiger partial charge in [0.1, 0.15) is 5.75 Å². The van der Waals surface area contributed by atoms with Crippen molar-refractivity contribution in [3.63, 3.8) is 0 Å². The molecule has 4 N–H and O–H groups in total. The van der Waals surface area contributed by atoms with Crippen molar-refractivity contribution in [3.8, 4) is 5.75 Å². The Kier molecular flexibility index (Phi) is 4.17. The molecule has 17 heavy (non-hydrogen) atoms. The summed E-state index contributed by atoms with van der Waals surface area (Å²) in [5.74, 6) is -0.770. The third-order valence-corrected chi connectivity index (χ3v) is 2.30. The van der Waals surface area contributed by atoms with Gasteiger partial charge in [0, 0.05) is 12.1 Å². The van der Waals surface area contributed by atoms with E-state index in [0.717, 1.165) is 0 Å². The molecular formula is C10H12ClN3O3. The van der Waals surface area contributed by atoms with Gasteiger partial charge in [0.05, 0.1) is 12.1 Å². The number of halogens is 1. The number of phenols is 1. The van der Waals surface area contributed by atoms with Crippen LogP contribution in [0.2, 0.25) is 5.02 Å². The van der Waals surface area contributed by atoms with Gasteiger partial charge in [-0.15, -0.1) is 0 Å². The second-order valence-electron chi connectivity index (χ2n) is 3.41. The molecule has 0 aliphatic heterocycles. The molecule has 0 unspecified atom stereocenters. The fourth-order valence-electron chi connectivity index (χ4n) is 1.24. The minimum Gasteiger partial charge on any atom is -0.507 e. The van der Waals surface area contributed by atoms with Crippen molar-refractivity contribution >= 4 is 23.3 Å². The minimum absolute atomic E-state index is 0.0442. The Morgan fingerprint density at radius 1 is 1.59 bits per heavy atom. The molecule has 0 saturated heterocycles.